The number of nitrogens with one attached hydrogen (secondary N) is 2. The van der Waals surface area contributed by atoms with Crippen molar-refractivity contribution in [1.82, 2.24) is 25.3 Å². The quantitative estimate of drug-likeness (QED) is 0.696. The van der Waals surface area contributed by atoms with E-state index < -0.39 is 24.0 Å². The number of fused-ring (bicyclic) bond motifs is 1. The third-order valence-electron chi connectivity index (χ3n) is 7.11. The Morgan fingerprint density at radius 2 is 1.65 bits per heavy atom. The van der Waals surface area contributed by atoms with Crippen molar-refractivity contribution in [2.75, 3.05) is 13.7 Å². The van der Waals surface area contributed by atoms with Crippen LogP contribution in [0.15, 0.2) is 6.07 Å². The van der Waals surface area contributed by atoms with Gasteiger partial charge in [-0.1, -0.05) is 38.5 Å². The van der Waals surface area contributed by atoms with Crippen LogP contribution >= 0.6 is 0 Å². The molecule has 9 heteroatoms. The predicted molar refractivity (Wildman–Crippen MR) is 112 cm³/mol. The van der Waals surface area contributed by atoms with E-state index in [0.29, 0.717) is 0 Å². The monoisotopic (exact) mass is 433 g/mol. The Hall–Kier alpha value is -2.45. The van der Waals surface area contributed by atoms with Gasteiger partial charge in [0.15, 0.2) is 11.2 Å². The second-order valence-corrected chi connectivity index (χ2v) is 9.22. The summed E-state index contributed by atoms with van der Waals surface area (Å²) in [6, 6.07) is 1.57. The van der Waals surface area contributed by atoms with Crippen LogP contribution in [-0.2, 0) is 11.3 Å². The number of rotatable bonds is 5. The maximum absolute atomic E-state index is 14.3. The number of nitrogens with zero attached hydrogens (tertiary/aromatic N) is 3. The van der Waals surface area contributed by atoms with Gasteiger partial charge in [-0.25, -0.2) is 4.39 Å². The normalized spacial score (nSPS) is 25.2. The van der Waals surface area contributed by atoms with Gasteiger partial charge in [-0.05, 0) is 25.7 Å². The molecule has 2 heterocycles. The molecule has 1 unspecified atom stereocenters. The van der Waals surface area contributed by atoms with Gasteiger partial charge in [0, 0.05) is 25.2 Å². The van der Waals surface area contributed by atoms with E-state index in [1.165, 1.54) is 35.5 Å². The summed E-state index contributed by atoms with van der Waals surface area (Å²) in [6.45, 7) is -1.13. The smallest absolute Gasteiger partial charge is 0.272 e. The number of hydrogen-bond acceptors (Lipinski definition) is 4. The number of hydrogen-bond donors (Lipinski definition) is 2. The van der Waals surface area contributed by atoms with E-state index in [-0.39, 0.29) is 35.9 Å². The molecule has 2 N–H and O–H groups in total. The molecule has 1 aromatic rings. The van der Waals surface area contributed by atoms with Crippen LogP contribution in [0.4, 0.5) is 4.39 Å². The Kier molecular flexibility index (Phi) is 6.29. The van der Waals surface area contributed by atoms with E-state index in [0.717, 1.165) is 51.4 Å². The van der Waals surface area contributed by atoms with Crippen LogP contribution in [0.1, 0.15) is 85.2 Å². The van der Waals surface area contributed by atoms with E-state index in [1.54, 1.807) is 0 Å². The lowest BCUT2D eigenvalue weighted by Gasteiger charge is -2.42. The Balaban J connectivity index is 1.53. The highest BCUT2D eigenvalue weighted by atomic mass is 19.1. The van der Waals surface area contributed by atoms with E-state index in [4.69, 9.17) is 0 Å². The first-order chi connectivity index (χ1) is 14.9. The van der Waals surface area contributed by atoms with Gasteiger partial charge in [0.2, 0.25) is 0 Å². The van der Waals surface area contributed by atoms with Crippen molar-refractivity contribution < 1.29 is 18.8 Å². The van der Waals surface area contributed by atoms with E-state index in [2.05, 4.69) is 15.7 Å². The molecule has 1 atom stereocenters. The van der Waals surface area contributed by atoms with Crippen molar-refractivity contribution in [2.45, 2.75) is 88.4 Å². The molecule has 2 aliphatic carbocycles. The lowest BCUT2D eigenvalue weighted by Crippen LogP contribution is -2.66. The number of likely N-dealkylation sites (N-methyl/N-ethyl adjacent to an activating group) is 1. The van der Waals surface area contributed by atoms with Gasteiger partial charge < -0.3 is 15.5 Å². The molecule has 3 aliphatic rings. The number of alkyl halides is 1. The molecule has 31 heavy (non-hydrogen) atoms. The van der Waals surface area contributed by atoms with Crippen LogP contribution in [0.5, 0.6) is 0 Å². The van der Waals surface area contributed by atoms with Crippen LogP contribution in [0.2, 0.25) is 0 Å². The first kappa shape index (κ1) is 21.8. The second-order valence-electron chi connectivity index (χ2n) is 9.22. The van der Waals surface area contributed by atoms with Gasteiger partial charge in [0.05, 0.1) is 6.54 Å². The summed E-state index contributed by atoms with van der Waals surface area (Å²) in [4.78, 5) is 40.0. The fourth-order valence-electron chi connectivity index (χ4n) is 5.03. The number of halogens is 1. The SMILES string of the molecule is CN1C(=O)c2cc(C(=O)NC3CCCCCC3)nn2CC1(CF)C(=O)NC1CCCC1. The summed E-state index contributed by atoms with van der Waals surface area (Å²) in [5, 5.41) is 10.2. The zero-order valence-corrected chi connectivity index (χ0v) is 18.2. The van der Waals surface area contributed by atoms with E-state index >= 15 is 0 Å². The van der Waals surface area contributed by atoms with E-state index in [1.807, 2.05) is 0 Å². The highest BCUT2D eigenvalue weighted by molar-refractivity contribution is 6.02. The van der Waals surface area contributed by atoms with Gasteiger partial charge in [0.25, 0.3) is 17.7 Å². The van der Waals surface area contributed by atoms with Gasteiger partial charge in [-0.2, -0.15) is 5.10 Å². The number of carbonyl (C=O) groups excluding carboxylic acids is 3. The molecule has 1 aliphatic heterocycles. The second kappa shape index (κ2) is 8.96. The summed E-state index contributed by atoms with van der Waals surface area (Å²) in [5.41, 5.74) is -1.33. The molecule has 0 saturated heterocycles. The van der Waals surface area contributed by atoms with Crippen molar-refractivity contribution >= 4 is 17.7 Å². The van der Waals surface area contributed by atoms with Crippen LogP contribution in [0.3, 0.4) is 0 Å². The Labute approximate surface area is 181 Å². The average molecular weight is 434 g/mol. The van der Waals surface area contributed by atoms with Crippen molar-refractivity contribution in [3.05, 3.63) is 17.5 Å². The number of carbonyl (C=O) groups is 3. The Bertz CT molecular complexity index is 842. The number of amides is 3. The van der Waals surface area contributed by atoms with Gasteiger partial charge in [-0.15, -0.1) is 0 Å². The van der Waals surface area contributed by atoms with Gasteiger partial charge >= 0.3 is 0 Å². The molecule has 1 aromatic heterocycles. The molecule has 0 bridgehead atoms. The summed E-state index contributed by atoms with van der Waals surface area (Å²) in [5.74, 6) is -1.33. The molecule has 0 radical (unpaired) electrons. The first-order valence-corrected chi connectivity index (χ1v) is 11.5. The average Bonchev–Trinajstić information content (AvgIpc) is 3.35. The summed E-state index contributed by atoms with van der Waals surface area (Å²) < 4.78 is 15.6. The topological polar surface area (TPSA) is 96.3 Å². The minimum atomic E-state index is -1.66. The highest BCUT2D eigenvalue weighted by Crippen LogP contribution is 2.28. The van der Waals surface area contributed by atoms with Crippen molar-refractivity contribution in [1.29, 1.82) is 0 Å². The zero-order chi connectivity index (χ0) is 22.0. The van der Waals surface area contributed by atoms with Gasteiger partial charge in [0.1, 0.15) is 12.4 Å². The van der Waals surface area contributed by atoms with Crippen LogP contribution < -0.4 is 10.6 Å². The van der Waals surface area contributed by atoms with Crippen molar-refractivity contribution in [3.63, 3.8) is 0 Å². The minimum absolute atomic E-state index is 0.0133. The minimum Gasteiger partial charge on any atom is -0.351 e. The molecule has 170 valence electrons. The molecule has 4 rings (SSSR count). The lowest BCUT2D eigenvalue weighted by molar-refractivity contribution is -0.135. The molecule has 2 fully saturated rings. The van der Waals surface area contributed by atoms with Gasteiger partial charge in [-0.3, -0.25) is 19.1 Å². The van der Waals surface area contributed by atoms with Crippen LogP contribution in [0, 0.1) is 0 Å². The molecular weight excluding hydrogens is 401 g/mol. The molecule has 3 amide bonds. The maximum atomic E-state index is 14.3. The van der Waals surface area contributed by atoms with E-state index in [9.17, 15) is 18.8 Å². The highest BCUT2D eigenvalue weighted by Gasteiger charge is 2.51. The number of aromatic nitrogens is 2. The Morgan fingerprint density at radius 1 is 1.06 bits per heavy atom. The van der Waals surface area contributed by atoms with Crippen LogP contribution in [0.25, 0.3) is 0 Å². The van der Waals surface area contributed by atoms with Crippen LogP contribution in [-0.4, -0.2) is 63.7 Å². The molecule has 0 aromatic carbocycles. The van der Waals surface area contributed by atoms with Crippen molar-refractivity contribution in [2.24, 2.45) is 0 Å². The fourth-order valence-corrected chi connectivity index (χ4v) is 5.03. The third kappa shape index (κ3) is 4.19. The Morgan fingerprint density at radius 3 is 2.26 bits per heavy atom. The first-order valence-electron chi connectivity index (χ1n) is 11.5. The third-order valence-corrected chi connectivity index (χ3v) is 7.11. The molecular formula is C22H32FN5O3. The summed E-state index contributed by atoms with van der Waals surface area (Å²) in [7, 11) is 1.44. The summed E-state index contributed by atoms with van der Waals surface area (Å²) >= 11 is 0. The lowest BCUT2D eigenvalue weighted by atomic mass is 9.94. The predicted octanol–water partition coefficient (Wildman–Crippen LogP) is 2.19. The maximum Gasteiger partial charge on any atom is 0.272 e. The standard InChI is InChI=1S/C22H32FN5O3/c1-27-20(30)18-12-17(19(29)24-15-8-4-2-3-5-9-15)26-28(18)14-22(27,13-23)21(31)25-16-10-6-7-11-16/h12,15-16H,2-11,13-14H2,1H3,(H,24,29)(H,25,31). The van der Waals surface area contributed by atoms with Crippen molar-refractivity contribution in [3.8, 4) is 0 Å². The largest absolute Gasteiger partial charge is 0.351 e. The fraction of sp³-hybridized carbons (Fsp3) is 0.727. The molecule has 0 spiro atoms. The molecule has 8 nitrogen and oxygen atoms in total. The summed E-state index contributed by atoms with van der Waals surface area (Å²) in [6.07, 6.45) is 10.2. The molecule has 2 saturated carbocycles. The zero-order valence-electron chi connectivity index (χ0n) is 18.2.